The van der Waals surface area contributed by atoms with Gasteiger partial charge in [-0.15, -0.1) is 0 Å². The molecule has 0 atom stereocenters. The molecule has 157 valence electrons. The number of methoxy groups -OCH3 is 4. The molecule has 2 rings (SSSR count). The van der Waals surface area contributed by atoms with E-state index in [1.165, 1.54) is 25.7 Å². The molecule has 5 heteroatoms. The van der Waals surface area contributed by atoms with Gasteiger partial charge in [0.1, 0.15) is 0 Å². The zero-order valence-corrected chi connectivity index (χ0v) is 19.3. The molecule has 0 heterocycles. The molecule has 2 aromatic carbocycles. The van der Waals surface area contributed by atoms with Crippen molar-refractivity contribution in [2.75, 3.05) is 28.4 Å². The Bertz CT molecular complexity index is 720. The Morgan fingerprint density at radius 2 is 1.17 bits per heavy atom. The highest BCUT2D eigenvalue weighted by Crippen LogP contribution is 2.48. The average Bonchev–Trinajstić information content (AvgIpc) is 2.77. The number of hydrogen-bond acceptors (Lipinski definition) is 4. The smallest absolute Gasteiger partial charge is 0.164 e. The van der Waals surface area contributed by atoms with Gasteiger partial charge in [-0.2, -0.15) is 0 Å². The van der Waals surface area contributed by atoms with Crippen molar-refractivity contribution in [3.05, 3.63) is 47.5 Å². The summed E-state index contributed by atoms with van der Waals surface area (Å²) >= 11 is 0. The van der Waals surface area contributed by atoms with E-state index in [4.69, 9.17) is 18.9 Å². The molecule has 0 amide bonds. The Morgan fingerprint density at radius 1 is 0.690 bits per heavy atom. The van der Waals surface area contributed by atoms with Crippen LogP contribution in [0.15, 0.2) is 36.4 Å². The van der Waals surface area contributed by atoms with Gasteiger partial charge in [-0.05, 0) is 18.6 Å². The fraction of sp³-hybridized carbons (Fsp3) is 0.500. The lowest BCUT2D eigenvalue weighted by Crippen LogP contribution is -2.30. The molecule has 0 saturated carbocycles. The largest absolute Gasteiger partial charge is 0.493 e. The second-order valence-electron chi connectivity index (χ2n) is 7.15. The normalized spacial score (nSPS) is 11.2. The first-order valence-corrected chi connectivity index (χ1v) is 10.7. The zero-order valence-electron chi connectivity index (χ0n) is 18.3. The number of benzene rings is 2. The Hall–Kier alpha value is -2.14. The van der Waals surface area contributed by atoms with Gasteiger partial charge in [0.2, 0.25) is 0 Å². The number of para-hydroxylation sites is 2. The van der Waals surface area contributed by atoms with E-state index in [0.29, 0.717) is 11.5 Å². The second-order valence-corrected chi connectivity index (χ2v) is 8.01. The van der Waals surface area contributed by atoms with Gasteiger partial charge in [-0.3, -0.25) is 0 Å². The van der Waals surface area contributed by atoms with E-state index >= 15 is 0 Å². The average molecular weight is 414 g/mol. The fourth-order valence-electron chi connectivity index (χ4n) is 3.85. The van der Waals surface area contributed by atoms with Crippen molar-refractivity contribution in [3.63, 3.8) is 0 Å². The molecule has 0 bridgehead atoms. The quantitative estimate of drug-likeness (QED) is 0.340. The maximum Gasteiger partial charge on any atom is 0.164 e. The van der Waals surface area contributed by atoms with Crippen molar-refractivity contribution in [2.24, 2.45) is 0 Å². The van der Waals surface area contributed by atoms with Crippen LogP contribution in [0.4, 0.5) is 0 Å². The van der Waals surface area contributed by atoms with Crippen molar-refractivity contribution in [2.45, 2.75) is 50.5 Å². The van der Waals surface area contributed by atoms with E-state index in [2.05, 4.69) is 29.3 Å². The summed E-state index contributed by atoms with van der Waals surface area (Å²) in [6, 6.07) is 12.0. The van der Waals surface area contributed by atoms with Crippen LogP contribution >= 0.6 is 0 Å². The molecule has 3 radical (unpaired) electrons. The summed E-state index contributed by atoms with van der Waals surface area (Å²) in [5.41, 5.74) is 2.02. The molecule has 29 heavy (non-hydrogen) atoms. The van der Waals surface area contributed by atoms with Gasteiger partial charge in [0, 0.05) is 26.4 Å². The van der Waals surface area contributed by atoms with Crippen molar-refractivity contribution in [1.82, 2.24) is 0 Å². The molecule has 0 aliphatic carbocycles. The number of unbranched alkanes of at least 4 members (excludes halogenated alkanes) is 4. The van der Waals surface area contributed by atoms with Crippen molar-refractivity contribution < 1.29 is 18.9 Å². The minimum atomic E-state index is -0.508. The van der Waals surface area contributed by atoms with Crippen LogP contribution in [0.5, 0.6) is 23.0 Å². The lowest BCUT2D eigenvalue weighted by Gasteiger charge is -2.34. The predicted molar refractivity (Wildman–Crippen MR) is 119 cm³/mol. The van der Waals surface area contributed by atoms with Gasteiger partial charge in [0.05, 0.1) is 28.4 Å². The van der Waals surface area contributed by atoms with E-state index in [9.17, 15) is 0 Å². The molecule has 0 fully saturated rings. The molecule has 4 nitrogen and oxygen atoms in total. The maximum atomic E-state index is 5.78. The SMILES string of the molecule is CCCCCCCC([Si])(c1cccc(OC)c1OC)c1cccc(OC)c1OC. The number of ether oxygens (including phenoxy) is 4. The summed E-state index contributed by atoms with van der Waals surface area (Å²) in [5, 5.41) is -0.508. The van der Waals surface area contributed by atoms with Crippen LogP contribution in [-0.4, -0.2) is 38.7 Å². The molecular weight excluding hydrogens is 380 g/mol. The van der Waals surface area contributed by atoms with Crippen LogP contribution < -0.4 is 18.9 Å². The van der Waals surface area contributed by atoms with Gasteiger partial charge in [0.25, 0.3) is 0 Å². The molecular formula is C24H33O4Si. The maximum absolute atomic E-state index is 5.78. The lowest BCUT2D eigenvalue weighted by atomic mass is 9.83. The monoisotopic (exact) mass is 413 g/mol. The highest BCUT2D eigenvalue weighted by atomic mass is 28.1. The lowest BCUT2D eigenvalue weighted by molar-refractivity contribution is 0.340. The summed E-state index contributed by atoms with van der Waals surface area (Å²) in [5.74, 6) is 2.87. The van der Waals surface area contributed by atoms with Crippen LogP contribution in [0.1, 0.15) is 56.6 Å². The van der Waals surface area contributed by atoms with Crippen LogP contribution in [0.2, 0.25) is 0 Å². The zero-order chi connectivity index (χ0) is 21.3. The predicted octanol–water partition coefficient (Wildman–Crippen LogP) is 5.49. The van der Waals surface area contributed by atoms with Gasteiger partial charge >= 0.3 is 0 Å². The Morgan fingerprint density at radius 3 is 1.59 bits per heavy atom. The summed E-state index contributed by atoms with van der Waals surface area (Å²) in [7, 11) is 10.9. The summed E-state index contributed by atoms with van der Waals surface area (Å²) < 4.78 is 22.7. The van der Waals surface area contributed by atoms with Crippen molar-refractivity contribution >= 4 is 10.2 Å². The summed E-state index contributed by atoms with van der Waals surface area (Å²) in [4.78, 5) is 0. The first kappa shape index (κ1) is 23.1. The van der Waals surface area contributed by atoms with E-state index in [-0.39, 0.29) is 0 Å². The van der Waals surface area contributed by atoms with E-state index in [0.717, 1.165) is 35.5 Å². The van der Waals surface area contributed by atoms with Crippen LogP contribution in [0.25, 0.3) is 0 Å². The van der Waals surface area contributed by atoms with Crippen LogP contribution in [0, 0.1) is 0 Å². The van der Waals surface area contributed by atoms with Crippen molar-refractivity contribution in [1.29, 1.82) is 0 Å². The first-order chi connectivity index (χ1) is 14.1. The first-order valence-electron chi connectivity index (χ1n) is 10.2. The second kappa shape index (κ2) is 11.1. The summed E-state index contributed by atoms with van der Waals surface area (Å²) in [6.45, 7) is 2.23. The number of hydrogen-bond donors (Lipinski definition) is 0. The topological polar surface area (TPSA) is 36.9 Å². The Kier molecular flexibility index (Phi) is 8.89. The molecule has 0 aliphatic rings. The summed E-state index contributed by atoms with van der Waals surface area (Å²) in [6.07, 6.45) is 6.87. The highest BCUT2D eigenvalue weighted by Gasteiger charge is 2.36. The molecule has 0 saturated heterocycles. The minimum absolute atomic E-state index is 0.508. The third-order valence-electron chi connectivity index (χ3n) is 5.38. The van der Waals surface area contributed by atoms with Gasteiger partial charge in [-0.1, -0.05) is 63.3 Å². The van der Waals surface area contributed by atoms with Gasteiger partial charge < -0.3 is 18.9 Å². The van der Waals surface area contributed by atoms with Gasteiger partial charge in [-0.25, -0.2) is 0 Å². The van der Waals surface area contributed by atoms with Gasteiger partial charge in [0.15, 0.2) is 23.0 Å². The molecule has 0 aliphatic heterocycles. The fourth-order valence-corrected chi connectivity index (χ4v) is 4.43. The van der Waals surface area contributed by atoms with Crippen LogP contribution in [0.3, 0.4) is 0 Å². The molecule has 0 N–H and O–H groups in total. The third kappa shape index (κ3) is 5.07. The Balaban J connectivity index is 2.59. The third-order valence-corrected chi connectivity index (χ3v) is 6.17. The van der Waals surface area contributed by atoms with E-state index < -0.39 is 5.04 Å². The molecule has 0 spiro atoms. The van der Waals surface area contributed by atoms with Crippen molar-refractivity contribution in [3.8, 4) is 23.0 Å². The Labute approximate surface area is 178 Å². The number of rotatable bonds is 12. The highest BCUT2D eigenvalue weighted by molar-refractivity contribution is 6.19. The minimum Gasteiger partial charge on any atom is -0.493 e. The van der Waals surface area contributed by atoms with E-state index in [1.807, 2.05) is 24.3 Å². The molecule has 2 aromatic rings. The van der Waals surface area contributed by atoms with Crippen LogP contribution in [-0.2, 0) is 5.04 Å². The van der Waals surface area contributed by atoms with E-state index in [1.54, 1.807) is 28.4 Å². The molecule has 0 unspecified atom stereocenters. The molecule has 0 aromatic heterocycles. The standard InChI is InChI=1S/C24H33O4Si/c1-6-7-8-9-10-17-24(29,18-13-11-15-20(25-2)22(18)27-4)19-14-12-16-21(26-3)23(19)28-5/h11-16H,6-10,17H2,1-5H3.